The second-order valence-electron chi connectivity index (χ2n) is 8.57. The number of carbonyl (C=O) groups excluding carboxylic acids is 1. The van der Waals surface area contributed by atoms with Gasteiger partial charge in [0.2, 0.25) is 0 Å². The molecule has 0 spiro atoms. The number of hydrogen-bond donors (Lipinski definition) is 1. The van der Waals surface area contributed by atoms with Crippen LogP contribution < -0.4 is 4.90 Å². The van der Waals surface area contributed by atoms with Gasteiger partial charge < -0.3 is 14.8 Å². The molecule has 1 aliphatic heterocycles. The molecule has 6 rings (SSSR count). The summed E-state index contributed by atoms with van der Waals surface area (Å²) in [6.45, 7) is 2.71. The lowest BCUT2D eigenvalue weighted by atomic mass is 10.0. The van der Waals surface area contributed by atoms with E-state index in [1.807, 2.05) is 41.4 Å². The predicted molar refractivity (Wildman–Crippen MR) is 153 cm³/mol. The third-order valence-electron chi connectivity index (χ3n) is 6.45. The SMILES string of the molecule is Cl.Cl.O=C(c1cccc2ccccc12)N1CCN(Cc2cnc[nH]2)c2ccc(-c3cccs3)cc2C1. The lowest BCUT2D eigenvalue weighted by Gasteiger charge is -2.24. The summed E-state index contributed by atoms with van der Waals surface area (Å²) in [5.41, 5.74) is 5.34. The Morgan fingerprint density at radius 3 is 2.64 bits per heavy atom. The summed E-state index contributed by atoms with van der Waals surface area (Å²) in [4.78, 5) is 26.8. The van der Waals surface area contributed by atoms with Crippen molar-refractivity contribution in [2.24, 2.45) is 0 Å². The third kappa shape index (κ3) is 4.98. The summed E-state index contributed by atoms with van der Waals surface area (Å²) in [7, 11) is 0. The van der Waals surface area contributed by atoms with E-state index in [1.54, 1.807) is 17.7 Å². The van der Waals surface area contributed by atoms with Gasteiger partial charge in [-0.05, 0) is 51.5 Å². The Labute approximate surface area is 226 Å². The molecule has 8 heteroatoms. The molecule has 1 aliphatic rings. The summed E-state index contributed by atoms with van der Waals surface area (Å²) in [6.07, 6.45) is 3.58. The lowest BCUT2D eigenvalue weighted by Crippen LogP contribution is -2.35. The highest BCUT2D eigenvalue weighted by atomic mass is 35.5. The number of amides is 1. The van der Waals surface area contributed by atoms with Gasteiger partial charge in [-0.3, -0.25) is 4.79 Å². The number of H-pyrrole nitrogens is 1. The minimum absolute atomic E-state index is 0. The molecule has 1 amide bonds. The molecule has 5 nitrogen and oxygen atoms in total. The first-order valence-electron chi connectivity index (χ1n) is 11.4. The van der Waals surface area contributed by atoms with E-state index in [1.165, 1.54) is 16.1 Å². The van der Waals surface area contributed by atoms with Gasteiger partial charge in [-0.2, -0.15) is 0 Å². The average Bonchev–Trinajstić information content (AvgIpc) is 3.57. The molecule has 2 aromatic heterocycles. The molecule has 0 bridgehead atoms. The quantitative estimate of drug-likeness (QED) is 0.275. The fraction of sp³-hybridized carbons (Fsp3) is 0.143. The second kappa shape index (κ2) is 11.2. The maximum absolute atomic E-state index is 13.8. The number of anilines is 1. The number of fused-ring (bicyclic) bond motifs is 2. The van der Waals surface area contributed by atoms with E-state index in [0.717, 1.165) is 40.7 Å². The maximum atomic E-state index is 13.8. The van der Waals surface area contributed by atoms with Crippen molar-refractivity contribution < 1.29 is 4.79 Å². The number of carbonyl (C=O) groups is 1. The number of thiophene rings is 1. The van der Waals surface area contributed by atoms with Crippen LogP contribution in [0.3, 0.4) is 0 Å². The van der Waals surface area contributed by atoms with Crippen LogP contribution in [0.4, 0.5) is 5.69 Å². The van der Waals surface area contributed by atoms with Crippen molar-refractivity contribution in [3.8, 4) is 10.4 Å². The van der Waals surface area contributed by atoms with Gasteiger partial charge in [0.15, 0.2) is 0 Å². The number of imidazole rings is 1. The van der Waals surface area contributed by atoms with Crippen LogP contribution in [0.25, 0.3) is 21.2 Å². The van der Waals surface area contributed by atoms with Crippen LogP contribution in [0.2, 0.25) is 0 Å². The molecule has 0 fully saturated rings. The van der Waals surface area contributed by atoms with E-state index in [2.05, 4.69) is 62.7 Å². The van der Waals surface area contributed by atoms with Crippen LogP contribution in [-0.2, 0) is 13.1 Å². The molecule has 0 saturated carbocycles. The number of aromatic nitrogens is 2. The Morgan fingerprint density at radius 2 is 1.83 bits per heavy atom. The maximum Gasteiger partial charge on any atom is 0.254 e. The lowest BCUT2D eigenvalue weighted by molar-refractivity contribution is 0.0753. The third-order valence-corrected chi connectivity index (χ3v) is 7.37. The first-order valence-corrected chi connectivity index (χ1v) is 12.3. The Kier molecular flexibility index (Phi) is 7.99. The van der Waals surface area contributed by atoms with Crippen molar-refractivity contribution in [3.63, 3.8) is 0 Å². The molecule has 184 valence electrons. The van der Waals surface area contributed by atoms with Gasteiger partial charge in [0.25, 0.3) is 5.91 Å². The molecule has 0 aliphatic carbocycles. The molecular formula is C28H26Cl2N4OS. The largest absolute Gasteiger partial charge is 0.364 e. The first-order chi connectivity index (χ1) is 16.8. The molecule has 0 saturated heterocycles. The van der Waals surface area contributed by atoms with Crippen molar-refractivity contribution in [1.82, 2.24) is 14.9 Å². The molecule has 3 aromatic carbocycles. The summed E-state index contributed by atoms with van der Waals surface area (Å²) in [6, 6.07) is 24.9. The van der Waals surface area contributed by atoms with Gasteiger partial charge in [-0.25, -0.2) is 4.98 Å². The molecule has 36 heavy (non-hydrogen) atoms. The standard InChI is InChI=1S/C28H24N4OS.2ClH/c33-28(25-8-3-6-20-5-1-2-7-24(20)25)32-13-12-31(18-23-16-29-19-30-23)26-11-10-21(15-22(26)17-32)27-9-4-14-34-27;;/h1-11,14-16,19H,12-13,17-18H2,(H,29,30);2*1H. The number of halogens is 2. The highest BCUT2D eigenvalue weighted by Gasteiger charge is 2.25. The smallest absolute Gasteiger partial charge is 0.254 e. The topological polar surface area (TPSA) is 52.2 Å². The van der Waals surface area contributed by atoms with E-state index in [9.17, 15) is 4.79 Å². The van der Waals surface area contributed by atoms with E-state index in [-0.39, 0.29) is 30.7 Å². The Hall–Kier alpha value is -3.32. The van der Waals surface area contributed by atoms with Crippen molar-refractivity contribution in [2.75, 3.05) is 18.0 Å². The Balaban J connectivity index is 0.00000152. The highest BCUT2D eigenvalue weighted by Crippen LogP contribution is 2.33. The Morgan fingerprint density at radius 1 is 0.972 bits per heavy atom. The number of nitrogens with zero attached hydrogens (tertiary/aromatic N) is 3. The van der Waals surface area contributed by atoms with E-state index >= 15 is 0 Å². The molecule has 3 heterocycles. The summed E-state index contributed by atoms with van der Waals surface area (Å²) >= 11 is 1.73. The van der Waals surface area contributed by atoms with Crippen LogP contribution in [0.15, 0.2) is 90.7 Å². The minimum atomic E-state index is 0. The van der Waals surface area contributed by atoms with Crippen molar-refractivity contribution >= 4 is 58.5 Å². The zero-order valence-electron chi connectivity index (χ0n) is 19.5. The van der Waals surface area contributed by atoms with Crippen LogP contribution in [0.5, 0.6) is 0 Å². The van der Waals surface area contributed by atoms with E-state index < -0.39 is 0 Å². The van der Waals surface area contributed by atoms with Crippen LogP contribution in [0.1, 0.15) is 21.6 Å². The normalized spacial score (nSPS) is 12.9. The van der Waals surface area contributed by atoms with Crippen LogP contribution >= 0.6 is 36.2 Å². The molecule has 1 N–H and O–H groups in total. The zero-order valence-corrected chi connectivity index (χ0v) is 21.9. The van der Waals surface area contributed by atoms with Gasteiger partial charge in [0.05, 0.1) is 18.6 Å². The van der Waals surface area contributed by atoms with E-state index in [0.29, 0.717) is 13.1 Å². The second-order valence-corrected chi connectivity index (χ2v) is 9.52. The number of nitrogens with one attached hydrogen (secondary N) is 1. The average molecular weight is 538 g/mol. The Bertz CT molecular complexity index is 1450. The van der Waals surface area contributed by atoms with Crippen LogP contribution in [0, 0.1) is 0 Å². The molecular weight excluding hydrogens is 511 g/mol. The van der Waals surface area contributed by atoms with Gasteiger partial charge in [0, 0.05) is 42.0 Å². The van der Waals surface area contributed by atoms with Crippen molar-refractivity contribution in [1.29, 1.82) is 0 Å². The number of aromatic amines is 1. The molecule has 0 atom stereocenters. The van der Waals surface area contributed by atoms with Crippen molar-refractivity contribution in [2.45, 2.75) is 13.1 Å². The van der Waals surface area contributed by atoms with E-state index in [4.69, 9.17) is 0 Å². The van der Waals surface area contributed by atoms with Gasteiger partial charge >= 0.3 is 0 Å². The first kappa shape index (κ1) is 25.8. The predicted octanol–water partition coefficient (Wildman–Crippen LogP) is 6.80. The fourth-order valence-electron chi connectivity index (χ4n) is 4.76. The summed E-state index contributed by atoms with van der Waals surface area (Å²) < 4.78 is 0. The van der Waals surface area contributed by atoms with Crippen molar-refractivity contribution in [3.05, 3.63) is 108 Å². The minimum Gasteiger partial charge on any atom is -0.364 e. The zero-order chi connectivity index (χ0) is 22.9. The monoisotopic (exact) mass is 536 g/mol. The fourth-order valence-corrected chi connectivity index (χ4v) is 5.48. The highest BCUT2D eigenvalue weighted by molar-refractivity contribution is 7.13. The number of hydrogen-bond acceptors (Lipinski definition) is 4. The van der Waals surface area contributed by atoms with Gasteiger partial charge in [-0.1, -0.05) is 48.5 Å². The molecule has 5 aromatic rings. The van der Waals surface area contributed by atoms with Gasteiger partial charge in [0.1, 0.15) is 0 Å². The number of benzene rings is 3. The summed E-state index contributed by atoms with van der Waals surface area (Å²) in [5, 5.41) is 4.19. The number of rotatable bonds is 4. The molecule has 0 unspecified atom stereocenters. The van der Waals surface area contributed by atoms with Gasteiger partial charge in [-0.15, -0.1) is 36.2 Å². The molecule has 0 radical (unpaired) electrons. The summed E-state index contributed by atoms with van der Waals surface area (Å²) in [5.74, 6) is 0.0765. The van der Waals surface area contributed by atoms with Crippen LogP contribution in [-0.4, -0.2) is 33.9 Å².